The Labute approximate surface area is 221 Å². The minimum Gasteiger partial charge on any atom is -0.508 e. The molecule has 2 heterocycles. The first-order valence-electron chi connectivity index (χ1n) is 12.9. The molecule has 208 valence electrons. The van der Waals surface area contributed by atoms with Crippen molar-refractivity contribution in [3.05, 3.63) is 29.8 Å². The number of carboxylic acids is 1. The number of phenolic OH excluding ortho intramolecular Hbond substituents is 1. The third kappa shape index (κ3) is 8.07. The molecule has 4 unspecified atom stereocenters. The number of nitrogens with one attached hydrogen (secondary N) is 3. The number of guanidine groups is 1. The van der Waals surface area contributed by atoms with Gasteiger partial charge in [0.15, 0.2) is 5.96 Å². The van der Waals surface area contributed by atoms with Gasteiger partial charge in [0.1, 0.15) is 23.9 Å². The topological polar surface area (TPSA) is 212 Å². The highest BCUT2D eigenvalue weighted by Gasteiger charge is 2.39. The molecule has 0 aromatic heterocycles. The van der Waals surface area contributed by atoms with Gasteiger partial charge in [0.25, 0.3) is 0 Å². The van der Waals surface area contributed by atoms with Crippen LogP contribution in [0, 0.1) is 0 Å². The number of aromatic hydroxyl groups is 1. The lowest BCUT2D eigenvalue weighted by atomic mass is 10.0. The third-order valence-electron chi connectivity index (χ3n) is 6.77. The minimum absolute atomic E-state index is 0.0185. The number of amides is 3. The van der Waals surface area contributed by atoms with Gasteiger partial charge in [0, 0.05) is 19.5 Å². The minimum atomic E-state index is -1.26. The summed E-state index contributed by atoms with van der Waals surface area (Å²) in [6.07, 6.45) is 3.26. The van der Waals surface area contributed by atoms with Crippen LogP contribution in [-0.4, -0.2) is 88.6 Å². The molecule has 2 saturated heterocycles. The Morgan fingerprint density at radius 3 is 2.45 bits per heavy atom. The first-order valence-corrected chi connectivity index (χ1v) is 12.9. The molecule has 9 N–H and O–H groups in total. The molecule has 0 aliphatic carbocycles. The van der Waals surface area contributed by atoms with Crippen molar-refractivity contribution in [3.63, 3.8) is 0 Å². The van der Waals surface area contributed by atoms with E-state index in [4.69, 9.17) is 11.5 Å². The summed E-state index contributed by atoms with van der Waals surface area (Å²) in [5.74, 6) is -2.54. The summed E-state index contributed by atoms with van der Waals surface area (Å²) in [7, 11) is 0. The van der Waals surface area contributed by atoms with E-state index in [0.717, 1.165) is 19.4 Å². The molecule has 3 rings (SSSR count). The molecule has 4 atom stereocenters. The second-order valence-electron chi connectivity index (χ2n) is 9.62. The Hall–Kier alpha value is -3.87. The van der Waals surface area contributed by atoms with E-state index in [1.165, 1.54) is 12.1 Å². The molecule has 2 fully saturated rings. The molecule has 13 nitrogen and oxygen atoms in total. The van der Waals surface area contributed by atoms with Crippen LogP contribution in [-0.2, 0) is 25.6 Å². The lowest BCUT2D eigenvalue weighted by molar-refractivity contribution is -0.143. The van der Waals surface area contributed by atoms with Crippen molar-refractivity contribution >= 4 is 29.7 Å². The van der Waals surface area contributed by atoms with E-state index >= 15 is 0 Å². The second-order valence-corrected chi connectivity index (χ2v) is 9.62. The van der Waals surface area contributed by atoms with Gasteiger partial charge in [-0.3, -0.25) is 19.4 Å². The summed E-state index contributed by atoms with van der Waals surface area (Å²) >= 11 is 0. The van der Waals surface area contributed by atoms with Gasteiger partial charge in [-0.25, -0.2) is 4.79 Å². The van der Waals surface area contributed by atoms with Gasteiger partial charge in [-0.1, -0.05) is 12.1 Å². The molecule has 13 heteroatoms. The van der Waals surface area contributed by atoms with Crippen molar-refractivity contribution < 1.29 is 29.4 Å². The molecule has 0 radical (unpaired) electrons. The van der Waals surface area contributed by atoms with Crippen LogP contribution in [0.2, 0.25) is 0 Å². The van der Waals surface area contributed by atoms with E-state index in [2.05, 4.69) is 20.9 Å². The Morgan fingerprint density at radius 1 is 1.08 bits per heavy atom. The van der Waals surface area contributed by atoms with Gasteiger partial charge in [0.2, 0.25) is 17.7 Å². The number of likely N-dealkylation sites (tertiary alicyclic amines) is 1. The highest BCUT2D eigenvalue weighted by atomic mass is 16.4. The summed E-state index contributed by atoms with van der Waals surface area (Å²) < 4.78 is 0. The van der Waals surface area contributed by atoms with Crippen molar-refractivity contribution in [2.75, 3.05) is 19.6 Å². The van der Waals surface area contributed by atoms with Crippen LogP contribution < -0.4 is 27.4 Å². The Bertz CT molecular complexity index is 1020. The van der Waals surface area contributed by atoms with Crippen molar-refractivity contribution in [2.24, 2.45) is 16.5 Å². The van der Waals surface area contributed by atoms with Crippen LogP contribution >= 0.6 is 0 Å². The number of carbonyl (C=O) groups is 4. The van der Waals surface area contributed by atoms with E-state index in [9.17, 15) is 29.4 Å². The number of carboxylic acid groups (broad SMARTS) is 1. The predicted molar refractivity (Wildman–Crippen MR) is 139 cm³/mol. The highest BCUT2D eigenvalue weighted by molar-refractivity contribution is 5.94. The summed E-state index contributed by atoms with van der Waals surface area (Å²) in [5.41, 5.74) is 11.3. The number of hydrogen-bond donors (Lipinski definition) is 7. The molecule has 0 spiro atoms. The monoisotopic (exact) mass is 531 g/mol. The number of phenols is 1. The Morgan fingerprint density at radius 2 is 1.82 bits per heavy atom. The number of benzene rings is 1. The Kier molecular flexibility index (Phi) is 10.3. The standard InChI is InChI=1S/C25H37N7O6/c26-25(27)29-12-1-4-17(21(34)31-19(24(37)38)14-15-7-9-16(33)10-8-15)30-22(35)20-6-3-13-32(20)23(36)18-5-2-11-28-18/h7-10,17-20,28,33H,1-6,11-14H2,(H,30,35)(H,31,34)(H,37,38)(H4,26,27,29). The normalized spacial score (nSPS) is 20.4. The number of rotatable bonds is 12. The van der Waals surface area contributed by atoms with Crippen LogP contribution in [0.25, 0.3) is 0 Å². The first-order chi connectivity index (χ1) is 18.2. The van der Waals surface area contributed by atoms with Gasteiger partial charge in [0.05, 0.1) is 6.04 Å². The third-order valence-corrected chi connectivity index (χ3v) is 6.77. The van der Waals surface area contributed by atoms with E-state index in [-0.39, 0.29) is 43.0 Å². The van der Waals surface area contributed by atoms with Crippen LogP contribution in [0.4, 0.5) is 0 Å². The van der Waals surface area contributed by atoms with Crippen LogP contribution in [0.1, 0.15) is 44.1 Å². The molecule has 1 aromatic rings. The van der Waals surface area contributed by atoms with Crippen LogP contribution in [0.5, 0.6) is 5.75 Å². The summed E-state index contributed by atoms with van der Waals surface area (Å²) in [6, 6.07) is 2.66. The van der Waals surface area contributed by atoms with Crippen LogP contribution in [0.15, 0.2) is 29.3 Å². The number of nitrogens with zero attached hydrogens (tertiary/aromatic N) is 2. The average molecular weight is 532 g/mol. The summed E-state index contributed by atoms with van der Waals surface area (Å²) in [4.78, 5) is 56.8. The smallest absolute Gasteiger partial charge is 0.326 e. The molecule has 0 saturated carbocycles. The van der Waals surface area contributed by atoms with Crippen LogP contribution in [0.3, 0.4) is 0 Å². The van der Waals surface area contributed by atoms with Gasteiger partial charge in [-0.15, -0.1) is 0 Å². The average Bonchev–Trinajstić information content (AvgIpc) is 3.59. The molecule has 2 aliphatic heterocycles. The zero-order valence-corrected chi connectivity index (χ0v) is 21.3. The fourth-order valence-electron chi connectivity index (χ4n) is 4.78. The van der Waals surface area contributed by atoms with Crippen molar-refractivity contribution in [1.82, 2.24) is 20.9 Å². The van der Waals surface area contributed by atoms with Crippen molar-refractivity contribution in [2.45, 2.75) is 69.1 Å². The summed E-state index contributed by atoms with van der Waals surface area (Å²) in [5, 5.41) is 27.6. The van der Waals surface area contributed by atoms with Gasteiger partial charge >= 0.3 is 5.97 Å². The SMILES string of the molecule is NC(N)=NCCCC(NC(=O)C1CCCN1C(=O)C1CCCN1)C(=O)NC(Cc1ccc(O)cc1)C(=O)O. The van der Waals surface area contributed by atoms with Crippen molar-refractivity contribution in [3.8, 4) is 5.75 Å². The molecular weight excluding hydrogens is 494 g/mol. The lowest BCUT2D eigenvalue weighted by Crippen LogP contribution is -2.56. The summed E-state index contributed by atoms with van der Waals surface area (Å²) in [6.45, 7) is 1.44. The zero-order chi connectivity index (χ0) is 27.7. The predicted octanol–water partition coefficient (Wildman–Crippen LogP) is -1.21. The number of nitrogens with two attached hydrogens (primary N) is 2. The Balaban J connectivity index is 1.69. The maximum atomic E-state index is 13.3. The zero-order valence-electron chi connectivity index (χ0n) is 21.3. The van der Waals surface area contributed by atoms with Crippen molar-refractivity contribution in [1.29, 1.82) is 0 Å². The molecule has 38 heavy (non-hydrogen) atoms. The maximum absolute atomic E-state index is 13.3. The van der Waals surface area contributed by atoms with E-state index in [1.807, 2.05) is 0 Å². The lowest BCUT2D eigenvalue weighted by Gasteiger charge is -2.28. The maximum Gasteiger partial charge on any atom is 0.326 e. The number of carbonyl (C=O) groups excluding carboxylic acids is 3. The molecule has 1 aromatic carbocycles. The van der Waals surface area contributed by atoms with Gasteiger partial charge < -0.3 is 42.5 Å². The molecule has 0 bridgehead atoms. The molecular formula is C25H37N7O6. The number of aliphatic carboxylic acids is 1. The first kappa shape index (κ1) is 28.7. The van der Waals surface area contributed by atoms with Gasteiger partial charge in [-0.05, 0) is 62.8 Å². The molecule has 3 amide bonds. The van der Waals surface area contributed by atoms with E-state index in [0.29, 0.717) is 31.4 Å². The van der Waals surface area contributed by atoms with E-state index < -0.39 is 35.9 Å². The molecule has 2 aliphatic rings. The number of aliphatic imine (C=N–C) groups is 1. The number of hydrogen-bond acceptors (Lipinski definition) is 7. The fraction of sp³-hybridized carbons (Fsp3) is 0.560. The largest absolute Gasteiger partial charge is 0.508 e. The fourth-order valence-corrected chi connectivity index (χ4v) is 4.78. The highest BCUT2D eigenvalue weighted by Crippen LogP contribution is 2.21. The van der Waals surface area contributed by atoms with Gasteiger partial charge in [-0.2, -0.15) is 0 Å². The van der Waals surface area contributed by atoms with E-state index in [1.54, 1.807) is 17.0 Å². The quantitative estimate of drug-likeness (QED) is 0.0977. The second kappa shape index (κ2) is 13.6.